The summed E-state index contributed by atoms with van der Waals surface area (Å²) in [6, 6.07) is 16.2. The van der Waals surface area contributed by atoms with Crippen molar-refractivity contribution in [1.29, 1.82) is 0 Å². The smallest absolute Gasteiger partial charge is 0.230 e. The average Bonchev–Trinajstić information content (AvgIpc) is 2.97. The molecule has 4 aromatic rings. The molecule has 6 heteroatoms. The second kappa shape index (κ2) is 6.44. The third kappa shape index (κ3) is 2.97. The van der Waals surface area contributed by atoms with Crippen molar-refractivity contribution in [3.63, 3.8) is 0 Å². The van der Waals surface area contributed by atoms with Gasteiger partial charge in [-0.05, 0) is 72.0 Å². The number of imidazole rings is 1. The van der Waals surface area contributed by atoms with Gasteiger partial charge in [-0.3, -0.25) is 4.40 Å². The Hall–Kier alpha value is -2.48. The lowest BCUT2D eigenvalue weighted by molar-refractivity contribution is 1.03. The average molecular weight is 441 g/mol. The molecule has 0 aliphatic carbocycles. The monoisotopic (exact) mass is 441 g/mol. The van der Waals surface area contributed by atoms with Gasteiger partial charge < -0.3 is 4.90 Å². The quantitative estimate of drug-likeness (QED) is 0.440. The molecule has 0 N–H and O–H groups in total. The lowest BCUT2D eigenvalue weighted by Gasteiger charge is -2.17. The first-order valence-electron chi connectivity index (χ1n) is 7.90. The molecule has 0 aliphatic rings. The molecule has 0 saturated carbocycles. The predicted octanol–water partition coefficient (Wildman–Crippen LogP) is 4.47. The second-order valence-electron chi connectivity index (χ2n) is 5.75. The summed E-state index contributed by atoms with van der Waals surface area (Å²) < 4.78 is 3.26. The minimum atomic E-state index is 0.656. The van der Waals surface area contributed by atoms with E-state index in [1.807, 2.05) is 49.3 Å². The van der Waals surface area contributed by atoms with Crippen LogP contribution in [0.1, 0.15) is 5.69 Å². The number of halogens is 1. The van der Waals surface area contributed by atoms with Crippen molar-refractivity contribution in [2.24, 2.45) is 0 Å². The molecule has 0 spiro atoms. The molecule has 0 bridgehead atoms. The van der Waals surface area contributed by atoms with E-state index in [9.17, 15) is 0 Å². The molecular weight excluding hydrogens is 425 g/mol. The number of aromatic nitrogens is 4. The Morgan fingerprint density at radius 1 is 1.00 bits per heavy atom. The van der Waals surface area contributed by atoms with Gasteiger partial charge >= 0.3 is 0 Å². The van der Waals surface area contributed by atoms with Crippen LogP contribution in [0.25, 0.3) is 17.0 Å². The fourth-order valence-corrected chi connectivity index (χ4v) is 3.20. The Labute approximate surface area is 159 Å². The Balaban J connectivity index is 1.79. The molecule has 124 valence electrons. The topological polar surface area (TPSA) is 46.3 Å². The van der Waals surface area contributed by atoms with Gasteiger partial charge in [-0.1, -0.05) is 6.07 Å². The van der Waals surface area contributed by atoms with Crippen LogP contribution in [0.2, 0.25) is 0 Å². The van der Waals surface area contributed by atoms with Crippen LogP contribution < -0.4 is 4.90 Å². The highest BCUT2D eigenvalue weighted by atomic mass is 127. The summed E-state index contributed by atoms with van der Waals surface area (Å²) >= 11 is 2.30. The number of benzene rings is 1. The molecule has 0 fully saturated rings. The molecule has 0 amide bonds. The summed E-state index contributed by atoms with van der Waals surface area (Å²) in [6.07, 6.45) is 3.80. The first-order valence-corrected chi connectivity index (χ1v) is 8.98. The molecule has 0 aliphatic heterocycles. The fraction of sp³-hybridized carbons (Fsp3) is 0.105. The van der Waals surface area contributed by atoms with Gasteiger partial charge in [0.1, 0.15) is 5.65 Å². The van der Waals surface area contributed by atoms with Crippen LogP contribution in [-0.4, -0.2) is 26.4 Å². The number of aryl methyl sites for hydroxylation is 1. The van der Waals surface area contributed by atoms with Gasteiger partial charge in [-0.15, -0.1) is 0 Å². The minimum absolute atomic E-state index is 0.656. The molecule has 25 heavy (non-hydrogen) atoms. The maximum Gasteiger partial charge on any atom is 0.230 e. The van der Waals surface area contributed by atoms with Gasteiger partial charge in [-0.2, -0.15) is 0 Å². The van der Waals surface area contributed by atoms with Crippen LogP contribution in [0.15, 0.2) is 60.9 Å². The van der Waals surface area contributed by atoms with Gasteiger partial charge in [0, 0.05) is 28.7 Å². The lowest BCUT2D eigenvalue weighted by Crippen LogP contribution is -2.13. The molecule has 0 saturated heterocycles. The molecule has 1 aromatic carbocycles. The number of rotatable bonds is 3. The van der Waals surface area contributed by atoms with E-state index in [1.54, 1.807) is 6.20 Å². The van der Waals surface area contributed by atoms with Crippen LogP contribution >= 0.6 is 22.6 Å². The zero-order chi connectivity index (χ0) is 17.4. The van der Waals surface area contributed by atoms with E-state index in [0.29, 0.717) is 5.95 Å². The van der Waals surface area contributed by atoms with Crippen LogP contribution in [0.4, 0.5) is 11.6 Å². The summed E-state index contributed by atoms with van der Waals surface area (Å²) in [5.74, 6) is 0.656. The molecule has 3 heterocycles. The van der Waals surface area contributed by atoms with Gasteiger partial charge in [0.2, 0.25) is 5.95 Å². The van der Waals surface area contributed by atoms with E-state index in [-0.39, 0.29) is 0 Å². The molecule has 4 rings (SSSR count). The van der Waals surface area contributed by atoms with Crippen LogP contribution in [-0.2, 0) is 0 Å². The molecule has 0 atom stereocenters. The summed E-state index contributed by atoms with van der Waals surface area (Å²) in [7, 11) is 1.97. The highest BCUT2D eigenvalue weighted by molar-refractivity contribution is 14.1. The van der Waals surface area contributed by atoms with E-state index in [0.717, 1.165) is 28.4 Å². The SMILES string of the molecule is Cc1nc2ccccn2c1-c1ccnc(N(C)c2ccc(I)cc2)n1. The maximum atomic E-state index is 4.78. The number of nitrogens with zero attached hydrogens (tertiary/aromatic N) is 5. The summed E-state index contributed by atoms with van der Waals surface area (Å²) in [6.45, 7) is 2.01. The minimum Gasteiger partial charge on any atom is -0.314 e. The number of hydrogen-bond acceptors (Lipinski definition) is 4. The number of fused-ring (bicyclic) bond motifs is 1. The third-order valence-corrected chi connectivity index (χ3v) is 4.82. The molecule has 0 unspecified atom stereocenters. The van der Waals surface area contributed by atoms with Crippen LogP contribution in [0.3, 0.4) is 0 Å². The fourth-order valence-electron chi connectivity index (χ4n) is 2.84. The van der Waals surface area contributed by atoms with Gasteiger partial charge in [-0.25, -0.2) is 15.0 Å². The number of pyridine rings is 1. The van der Waals surface area contributed by atoms with E-state index >= 15 is 0 Å². The molecule has 0 radical (unpaired) electrons. The number of hydrogen-bond donors (Lipinski definition) is 0. The molecule has 3 aromatic heterocycles. The van der Waals surface area contributed by atoms with Crippen LogP contribution in [0.5, 0.6) is 0 Å². The van der Waals surface area contributed by atoms with Crippen LogP contribution in [0, 0.1) is 10.5 Å². The van der Waals surface area contributed by atoms with Crippen molar-refractivity contribution in [3.05, 3.63) is 70.2 Å². The third-order valence-electron chi connectivity index (χ3n) is 4.10. The van der Waals surface area contributed by atoms with Gasteiger partial charge in [0.25, 0.3) is 0 Å². The largest absolute Gasteiger partial charge is 0.314 e. The second-order valence-corrected chi connectivity index (χ2v) is 7.00. The van der Waals surface area contributed by atoms with E-state index in [2.05, 4.69) is 61.2 Å². The summed E-state index contributed by atoms with van der Waals surface area (Å²) in [4.78, 5) is 15.8. The van der Waals surface area contributed by atoms with Gasteiger partial charge in [0.15, 0.2) is 0 Å². The Morgan fingerprint density at radius 2 is 1.80 bits per heavy atom. The molecular formula is C19H16IN5. The highest BCUT2D eigenvalue weighted by Crippen LogP contribution is 2.26. The van der Waals surface area contributed by atoms with Crippen molar-refractivity contribution in [2.45, 2.75) is 6.92 Å². The van der Waals surface area contributed by atoms with Crippen molar-refractivity contribution in [2.75, 3.05) is 11.9 Å². The molecule has 5 nitrogen and oxygen atoms in total. The standard InChI is InChI=1S/C19H16IN5/c1-13-18(25-12-4-3-5-17(25)22-13)16-10-11-21-19(23-16)24(2)15-8-6-14(20)7-9-15/h3-12H,1-2H3. The van der Waals surface area contributed by atoms with Crippen molar-refractivity contribution in [3.8, 4) is 11.4 Å². The van der Waals surface area contributed by atoms with E-state index < -0.39 is 0 Å². The van der Waals surface area contributed by atoms with E-state index in [4.69, 9.17) is 4.98 Å². The predicted molar refractivity (Wildman–Crippen MR) is 108 cm³/mol. The summed E-state index contributed by atoms with van der Waals surface area (Å²) in [5, 5.41) is 0. The van der Waals surface area contributed by atoms with Crippen molar-refractivity contribution < 1.29 is 0 Å². The Morgan fingerprint density at radius 3 is 2.60 bits per heavy atom. The lowest BCUT2D eigenvalue weighted by atomic mass is 10.2. The first kappa shape index (κ1) is 16.0. The van der Waals surface area contributed by atoms with Crippen molar-refractivity contribution >= 4 is 39.9 Å². The zero-order valence-electron chi connectivity index (χ0n) is 13.9. The van der Waals surface area contributed by atoms with Crippen molar-refractivity contribution in [1.82, 2.24) is 19.4 Å². The Kier molecular flexibility index (Phi) is 4.12. The normalized spacial score (nSPS) is 11.0. The zero-order valence-corrected chi connectivity index (χ0v) is 16.0. The van der Waals surface area contributed by atoms with Gasteiger partial charge in [0.05, 0.1) is 17.1 Å². The highest BCUT2D eigenvalue weighted by Gasteiger charge is 2.14. The first-order chi connectivity index (χ1) is 12.1. The Bertz CT molecular complexity index is 1040. The number of anilines is 2. The summed E-state index contributed by atoms with van der Waals surface area (Å²) in [5.41, 5.74) is 4.77. The van der Waals surface area contributed by atoms with E-state index in [1.165, 1.54) is 3.57 Å². The maximum absolute atomic E-state index is 4.78.